The van der Waals surface area contributed by atoms with Crippen molar-refractivity contribution in [3.05, 3.63) is 16.0 Å². The lowest BCUT2D eigenvalue weighted by molar-refractivity contribution is 0.0697. The monoisotopic (exact) mass is 328 g/mol. The number of thioether (sulfide) groups is 1. The van der Waals surface area contributed by atoms with Gasteiger partial charge in [-0.15, -0.1) is 11.3 Å². The molecule has 0 saturated carbocycles. The van der Waals surface area contributed by atoms with Gasteiger partial charge in [0.2, 0.25) is 0 Å². The summed E-state index contributed by atoms with van der Waals surface area (Å²) in [6, 6.07) is -0.216. The second-order valence-corrected chi connectivity index (χ2v) is 8.78. The molecule has 0 aromatic carbocycles. The molecular weight excluding hydrogens is 308 g/mol. The summed E-state index contributed by atoms with van der Waals surface area (Å²) in [5.74, 6) is -0.101. The van der Waals surface area contributed by atoms with Gasteiger partial charge in [0.1, 0.15) is 5.00 Å². The molecule has 0 radical (unpaired) electrons. The molecule has 1 aliphatic rings. The Morgan fingerprint density at radius 3 is 2.57 bits per heavy atom. The largest absolute Gasteiger partial charge is 0.478 e. The van der Waals surface area contributed by atoms with Gasteiger partial charge in [-0.1, -0.05) is 0 Å². The number of thiophene rings is 1. The average Bonchev–Trinajstić information content (AvgIpc) is 2.63. The summed E-state index contributed by atoms with van der Waals surface area (Å²) in [6.45, 7) is 9.20. The highest BCUT2D eigenvalue weighted by Gasteiger charge is 2.30. The number of aromatic carboxylic acids is 1. The smallest absolute Gasteiger partial charge is 0.338 e. The molecule has 2 rings (SSSR count). The molecule has 1 saturated heterocycles. The molecule has 0 spiro atoms. The van der Waals surface area contributed by atoms with Crippen LogP contribution in [-0.4, -0.2) is 45.6 Å². The van der Waals surface area contributed by atoms with E-state index in [-0.39, 0.29) is 16.3 Å². The number of urea groups is 1. The van der Waals surface area contributed by atoms with Crippen molar-refractivity contribution in [1.29, 1.82) is 0 Å². The van der Waals surface area contributed by atoms with Crippen LogP contribution in [0.3, 0.4) is 0 Å². The minimum absolute atomic E-state index is 0.0342. The van der Waals surface area contributed by atoms with Gasteiger partial charge in [-0.25, -0.2) is 9.59 Å². The van der Waals surface area contributed by atoms with Gasteiger partial charge in [0.25, 0.3) is 0 Å². The second-order valence-electron chi connectivity index (χ2n) is 5.75. The van der Waals surface area contributed by atoms with Crippen LogP contribution in [0.2, 0.25) is 0 Å². The minimum atomic E-state index is -0.998. The van der Waals surface area contributed by atoms with Crippen molar-refractivity contribution in [2.75, 3.05) is 24.2 Å². The number of rotatable bonds is 2. The third-order valence-electron chi connectivity index (χ3n) is 3.53. The summed E-state index contributed by atoms with van der Waals surface area (Å²) < 4.78 is 0.0342. The highest BCUT2D eigenvalue weighted by atomic mass is 32.2. The third-order valence-corrected chi connectivity index (χ3v) is 5.95. The van der Waals surface area contributed by atoms with Gasteiger partial charge < -0.3 is 10.0 Å². The lowest BCUT2D eigenvalue weighted by Gasteiger charge is -2.37. The molecule has 0 bridgehead atoms. The van der Waals surface area contributed by atoms with E-state index in [0.717, 1.165) is 16.2 Å². The number of carbonyl (C=O) groups is 2. The first kappa shape index (κ1) is 16.2. The zero-order valence-corrected chi connectivity index (χ0v) is 14.3. The first-order valence-electron chi connectivity index (χ1n) is 6.74. The van der Waals surface area contributed by atoms with Crippen LogP contribution in [0.5, 0.6) is 0 Å². The zero-order valence-electron chi connectivity index (χ0n) is 12.6. The van der Waals surface area contributed by atoms with Crippen LogP contribution in [0.1, 0.15) is 34.6 Å². The van der Waals surface area contributed by atoms with Crippen LogP contribution in [0, 0.1) is 13.8 Å². The van der Waals surface area contributed by atoms with Gasteiger partial charge in [0, 0.05) is 28.5 Å². The zero-order chi connectivity index (χ0) is 15.8. The Labute approximate surface area is 132 Å². The Kier molecular flexibility index (Phi) is 4.53. The van der Waals surface area contributed by atoms with E-state index in [1.54, 1.807) is 11.8 Å². The van der Waals surface area contributed by atoms with E-state index < -0.39 is 5.97 Å². The Hall–Kier alpha value is -1.21. The Morgan fingerprint density at radius 1 is 1.33 bits per heavy atom. The molecule has 1 aliphatic heterocycles. The quantitative estimate of drug-likeness (QED) is 0.873. The van der Waals surface area contributed by atoms with Crippen LogP contribution >= 0.6 is 23.1 Å². The van der Waals surface area contributed by atoms with Crippen LogP contribution in [0.15, 0.2) is 0 Å². The number of amides is 2. The van der Waals surface area contributed by atoms with Gasteiger partial charge in [0.05, 0.1) is 5.56 Å². The van der Waals surface area contributed by atoms with E-state index >= 15 is 0 Å². The van der Waals surface area contributed by atoms with Crippen molar-refractivity contribution in [2.45, 2.75) is 32.4 Å². The van der Waals surface area contributed by atoms with Crippen molar-refractivity contribution in [1.82, 2.24) is 4.90 Å². The second kappa shape index (κ2) is 5.88. The van der Waals surface area contributed by atoms with E-state index in [1.165, 1.54) is 11.3 Å². The topological polar surface area (TPSA) is 69.6 Å². The van der Waals surface area contributed by atoms with Crippen LogP contribution < -0.4 is 5.32 Å². The Balaban J connectivity index is 2.17. The maximum Gasteiger partial charge on any atom is 0.338 e. The van der Waals surface area contributed by atoms with Gasteiger partial charge in [-0.05, 0) is 33.3 Å². The predicted molar refractivity (Wildman–Crippen MR) is 87.9 cm³/mol. The molecule has 1 aromatic rings. The number of aryl methyl sites for hydroxylation is 1. The van der Waals surface area contributed by atoms with E-state index in [9.17, 15) is 14.7 Å². The lowest BCUT2D eigenvalue weighted by Crippen LogP contribution is -2.47. The fourth-order valence-corrected chi connectivity index (χ4v) is 4.49. The number of carbonyl (C=O) groups excluding carboxylic acids is 1. The average molecular weight is 328 g/mol. The van der Waals surface area contributed by atoms with E-state index in [1.807, 2.05) is 18.7 Å². The van der Waals surface area contributed by atoms with E-state index in [4.69, 9.17) is 0 Å². The molecule has 116 valence electrons. The molecule has 2 N–H and O–H groups in total. The number of hydrogen-bond donors (Lipinski definition) is 2. The standard InChI is InChI=1S/C14H20N2O3S2/c1-8-9(2)21-11(10(8)12(17)18)15-13(19)16-5-6-20-14(3,4)7-16/h5-7H2,1-4H3,(H,15,19)(H,17,18). The Morgan fingerprint density at radius 2 is 2.00 bits per heavy atom. The molecule has 1 fully saturated rings. The number of nitrogens with one attached hydrogen (secondary N) is 1. The molecule has 5 nitrogen and oxygen atoms in total. The summed E-state index contributed by atoms with van der Waals surface area (Å²) in [6.07, 6.45) is 0. The maximum atomic E-state index is 12.4. The van der Waals surface area contributed by atoms with Crippen molar-refractivity contribution < 1.29 is 14.7 Å². The molecule has 0 unspecified atom stereocenters. The van der Waals surface area contributed by atoms with Gasteiger partial charge >= 0.3 is 12.0 Å². The van der Waals surface area contributed by atoms with E-state index in [2.05, 4.69) is 19.2 Å². The predicted octanol–water partition coefficient (Wildman–Crippen LogP) is 3.42. The SMILES string of the molecule is Cc1sc(NC(=O)N2CCSC(C)(C)C2)c(C(=O)O)c1C. The highest BCUT2D eigenvalue weighted by Crippen LogP contribution is 2.34. The fourth-order valence-electron chi connectivity index (χ4n) is 2.34. The van der Waals surface area contributed by atoms with E-state index in [0.29, 0.717) is 18.1 Å². The molecule has 2 heterocycles. The third kappa shape index (κ3) is 3.52. The van der Waals surface area contributed by atoms with Crippen molar-refractivity contribution in [3.63, 3.8) is 0 Å². The summed E-state index contributed by atoms with van der Waals surface area (Å²) in [4.78, 5) is 26.4. The molecular formula is C14H20N2O3S2. The van der Waals surface area contributed by atoms with Crippen LogP contribution in [0.4, 0.5) is 9.80 Å². The number of nitrogens with zero attached hydrogens (tertiary/aromatic N) is 1. The normalized spacial score (nSPS) is 17.6. The molecule has 0 atom stereocenters. The molecule has 2 amide bonds. The van der Waals surface area contributed by atoms with Crippen molar-refractivity contribution in [3.8, 4) is 0 Å². The number of hydrogen-bond acceptors (Lipinski definition) is 4. The molecule has 21 heavy (non-hydrogen) atoms. The van der Waals surface area contributed by atoms with Gasteiger partial charge in [-0.2, -0.15) is 11.8 Å². The molecule has 1 aromatic heterocycles. The molecule has 7 heteroatoms. The highest BCUT2D eigenvalue weighted by molar-refractivity contribution is 8.00. The van der Waals surface area contributed by atoms with Crippen molar-refractivity contribution >= 4 is 40.1 Å². The first-order valence-corrected chi connectivity index (χ1v) is 8.54. The number of carboxylic acids is 1. The fraction of sp³-hybridized carbons (Fsp3) is 0.571. The summed E-state index contributed by atoms with van der Waals surface area (Å²) in [7, 11) is 0. The van der Waals surface area contributed by atoms with Gasteiger partial charge in [0.15, 0.2) is 0 Å². The number of anilines is 1. The van der Waals surface area contributed by atoms with Crippen molar-refractivity contribution in [2.24, 2.45) is 0 Å². The molecule has 0 aliphatic carbocycles. The Bertz CT molecular complexity index is 581. The lowest BCUT2D eigenvalue weighted by atomic mass is 10.1. The first-order chi connectivity index (χ1) is 9.71. The van der Waals surface area contributed by atoms with Crippen LogP contribution in [0.25, 0.3) is 0 Å². The summed E-state index contributed by atoms with van der Waals surface area (Å²) in [5.41, 5.74) is 0.925. The van der Waals surface area contributed by atoms with Gasteiger partial charge in [-0.3, -0.25) is 5.32 Å². The van der Waals surface area contributed by atoms with Crippen LogP contribution in [-0.2, 0) is 0 Å². The minimum Gasteiger partial charge on any atom is -0.478 e. The summed E-state index contributed by atoms with van der Waals surface area (Å²) in [5, 5.41) is 12.5. The number of carboxylic acid groups (broad SMARTS) is 1. The summed E-state index contributed by atoms with van der Waals surface area (Å²) >= 11 is 3.17. The maximum absolute atomic E-state index is 12.4.